The number of likely N-dealkylation sites (tertiary alicyclic amines) is 2. The molecule has 0 aromatic rings. The van der Waals surface area contributed by atoms with Crippen molar-refractivity contribution in [2.24, 2.45) is 11.8 Å². The Morgan fingerprint density at radius 2 is 1.61 bits per heavy atom. The fraction of sp³-hybridized carbons (Fsp3) is 0.933. The minimum Gasteiger partial charge on any atom is -0.301 e. The van der Waals surface area contributed by atoms with E-state index in [2.05, 4.69) is 23.6 Å². The molecule has 2 saturated heterocycles. The zero-order valence-corrected chi connectivity index (χ0v) is 12.4. The van der Waals surface area contributed by atoms with E-state index < -0.39 is 0 Å². The molecule has 2 rings (SSSR count). The van der Waals surface area contributed by atoms with E-state index in [0.717, 1.165) is 19.1 Å². The fourth-order valence-corrected chi connectivity index (χ4v) is 3.23. The van der Waals surface area contributed by atoms with E-state index in [1.807, 2.05) is 13.8 Å². The van der Waals surface area contributed by atoms with Gasteiger partial charge in [-0.25, -0.2) is 0 Å². The predicted molar refractivity (Wildman–Crippen MR) is 74.6 cm³/mol. The standard InChI is InChI=1S/C15H28N2O/c1-11(2)15(18)13-9-17(10-13)14-5-7-16(8-6-14)12(3)4/h11-14H,5-10H2,1-4H3. The number of nitrogens with zero attached hydrogens (tertiary/aromatic N) is 2. The van der Waals surface area contributed by atoms with Gasteiger partial charge in [0.15, 0.2) is 0 Å². The molecule has 18 heavy (non-hydrogen) atoms. The Labute approximate surface area is 112 Å². The second-order valence-corrected chi connectivity index (χ2v) is 6.57. The molecule has 0 radical (unpaired) electrons. The number of carbonyl (C=O) groups excluding carboxylic acids is 1. The Bertz CT molecular complexity index is 287. The molecule has 2 heterocycles. The van der Waals surface area contributed by atoms with E-state index in [-0.39, 0.29) is 5.92 Å². The third-order valence-corrected chi connectivity index (χ3v) is 4.63. The van der Waals surface area contributed by atoms with Gasteiger partial charge in [-0.2, -0.15) is 0 Å². The number of ketones is 1. The van der Waals surface area contributed by atoms with Gasteiger partial charge in [-0.3, -0.25) is 9.69 Å². The van der Waals surface area contributed by atoms with Gasteiger partial charge >= 0.3 is 0 Å². The minimum absolute atomic E-state index is 0.208. The first-order valence-corrected chi connectivity index (χ1v) is 7.51. The second-order valence-electron chi connectivity index (χ2n) is 6.57. The molecule has 104 valence electrons. The summed E-state index contributed by atoms with van der Waals surface area (Å²) in [5, 5.41) is 0. The lowest BCUT2D eigenvalue weighted by atomic mass is 9.86. The van der Waals surface area contributed by atoms with Crippen LogP contribution in [0.1, 0.15) is 40.5 Å². The molecule has 0 spiro atoms. The molecule has 0 N–H and O–H groups in total. The average Bonchev–Trinajstić information content (AvgIpc) is 2.27. The molecule has 0 aromatic carbocycles. The molecule has 0 amide bonds. The minimum atomic E-state index is 0.208. The molecule has 0 bridgehead atoms. The summed E-state index contributed by atoms with van der Waals surface area (Å²) >= 11 is 0. The molecular weight excluding hydrogens is 224 g/mol. The highest BCUT2D eigenvalue weighted by Gasteiger charge is 2.38. The predicted octanol–water partition coefficient (Wildman–Crippen LogP) is 2.02. The lowest BCUT2D eigenvalue weighted by molar-refractivity contribution is -0.132. The molecule has 3 nitrogen and oxygen atoms in total. The highest BCUT2D eigenvalue weighted by atomic mass is 16.1. The van der Waals surface area contributed by atoms with Crippen LogP contribution in [0, 0.1) is 11.8 Å². The van der Waals surface area contributed by atoms with Crippen LogP contribution in [0.3, 0.4) is 0 Å². The maximum atomic E-state index is 11.9. The Morgan fingerprint density at radius 3 is 2.06 bits per heavy atom. The largest absolute Gasteiger partial charge is 0.301 e. The van der Waals surface area contributed by atoms with Crippen LogP contribution < -0.4 is 0 Å². The molecule has 0 saturated carbocycles. The molecule has 2 aliphatic heterocycles. The van der Waals surface area contributed by atoms with Gasteiger partial charge in [-0.05, 0) is 39.8 Å². The Morgan fingerprint density at radius 1 is 1.06 bits per heavy atom. The van der Waals surface area contributed by atoms with Gasteiger partial charge in [0, 0.05) is 37.0 Å². The van der Waals surface area contributed by atoms with E-state index in [1.165, 1.54) is 25.9 Å². The van der Waals surface area contributed by atoms with Crippen molar-refractivity contribution in [1.29, 1.82) is 0 Å². The highest BCUT2D eigenvalue weighted by molar-refractivity contribution is 5.84. The lowest BCUT2D eigenvalue weighted by Crippen LogP contribution is -2.58. The van der Waals surface area contributed by atoms with Crippen molar-refractivity contribution in [3.63, 3.8) is 0 Å². The fourth-order valence-electron chi connectivity index (χ4n) is 3.23. The monoisotopic (exact) mass is 252 g/mol. The van der Waals surface area contributed by atoms with Crippen LogP contribution in [0.2, 0.25) is 0 Å². The van der Waals surface area contributed by atoms with Crippen LogP contribution in [0.25, 0.3) is 0 Å². The molecule has 0 atom stereocenters. The van der Waals surface area contributed by atoms with Crippen molar-refractivity contribution < 1.29 is 4.79 Å². The number of carbonyl (C=O) groups is 1. The third kappa shape index (κ3) is 2.94. The summed E-state index contributed by atoms with van der Waals surface area (Å²) < 4.78 is 0. The zero-order valence-electron chi connectivity index (χ0n) is 12.4. The van der Waals surface area contributed by atoms with Crippen LogP contribution in [0.15, 0.2) is 0 Å². The van der Waals surface area contributed by atoms with Crippen molar-refractivity contribution in [2.75, 3.05) is 26.2 Å². The van der Waals surface area contributed by atoms with Gasteiger partial charge in [0.1, 0.15) is 5.78 Å². The number of rotatable bonds is 4. The van der Waals surface area contributed by atoms with E-state index >= 15 is 0 Å². The van der Waals surface area contributed by atoms with Crippen LogP contribution in [-0.2, 0) is 4.79 Å². The molecule has 0 unspecified atom stereocenters. The SMILES string of the molecule is CC(C)C(=O)C1CN(C2CCN(C(C)C)CC2)C1. The van der Waals surface area contributed by atoms with Gasteiger partial charge < -0.3 is 4.90 Å². The second kappa shape index (κ2) is 5.70. The Kier molecular flexibility index (Phi) is 4.44. The van der Waals surface area contributed by atoms with Gasteiger partial charge in [-0.15, -0.1) is 0 Å². The Hall–Kier alpha value is -0.410. The maximum absolute atomic E-state index is 11.9. The lowest BCUT2D eigenvalue weighted by Gasteiger charge is -2.47. The van der Waals surface area contributed by atoms with Crippen molar-refractivity contribution in [2.45, 2.75) is 52.6 Å². The van der Waals surface area contributed by atoms with Crippen molar-refractivity contribution >= 4 is 5.78 Å². The van der Waals surface area contributed by atoms with Gasteiger partial charge in [0.2, 0.25) is 0 Å². The Balaban J connectivity index is 1.72. The normalized spacial score (nSPS) is 24.8. The molecular formula is C15H28N2O. The summed E-state index contributed by atoms with van der Waals surface area (Å²) in [6.07, 6.45) is 2.56. The van der Waals surface area contributed by atoms with Crippen molar-refractivity contribution in [3.8, 4) is 0 Å². The van der Waals surface area contributed by atoms with Crippen LogP contribution in [-0.4, -0.2) is 53.8 Å². The number of hydrogen-bond donors (Lipinski definition) is 0. The first kappa shape index (κ1) is 14.0. The van der Waals surface area contributed by atoms with Gasteiger partial charge in [0.05, 0.1) is 0 Å². The summed E-state index contributed by atoms with van der Waals surface area (Å²) in [6, 6.07) is 1.41. The van der Waals surface area contributed by atoms with Crippen LogP contribution in [0.4, 0.5) is 0 Å². The van der Waals surface area contributed by atoms with Gasteiger partial charge in [-0.1, -0.05) is 13.8 Å². The maximum Gasteiger partial charge on any atom is 0.141 e. The number of piperidine rings is 1. The van der Waals surface area contributed by atoms with Crippen LogP contribution in [0.5, 0.6) is 0 Å². The first-order chi connectivity index (χ1) is 8.49. The smallest absolute Gasteiger partial charge is 0.141 e. The van der Waals surface area contributed by atoms with Crippen molar-refractivity contribution in [1.82, 2.24) is 9.80 Å². The molecule has 2 fully saturated rings. The summed E-state index contributed by atoms with van der Waals surface area (Å²) in [6.45, 7) is 13.1. The molecule has 0 aliphatic carbocycles. The summed E-state index contributed by atoms with van der Waals surface area (Å²) in [7, 11) is 0. The number of Topliss-reactive ketones (excluding diaryl/α,β-unsaturated/α-hetero) is 1. The molecule has 0 aromatic heterocycles. The first-order valence-electron chi connectivity index (χ1n) is 7.51. The third-order valence-electron chi connectivity index (χ3n) is 4.63. The van der Waals surface area contributed by atoms with E-state index in [9.17, 15) is 4.79 Å². The summed E-state index contributed by atoms with van der Waals surface area (Å²) in [5.41, 5.74) is 0. The zero-order chi connectivity index (χ0) is 13.3. The topological polar surface area (TPSA) is 23.6 Å². The molecule has 2 aliphatic rings. The van der Waals surface area contributed by atoms with E-state index in [4.69, 9.17) is 0 Å². The van der Waals surface area contributed by atoms with Crippen molar-refractivity contribution in [3.05, 3.63) is 0 Å². The molecule has 3 heteroatoms. The average molecular weight is 252 g/mol. The quantitative estimate of drug-likeness (QED) is 0.765. The van der Waals surface area contributed by atoms with E-state index in [1.54, 1.807) is 0 Å². The number of hydrogen-bond acceptors (Lipinski definition) is 3. The summed E-state index contributed by atoms with van der Waals surface area (Å²) in [4.78, 5) is 17.0. The van der Waals surface area contributed by atoms with Crippen LogP contribution >= 0.6 is 0 Å². The highest BCUT2D eigenvalue weighted by Crippen LogP contribution is 2.27. The summed E-state index contributed by atoms with van der Waals surface area (Å²) in [5.74, 6) is 0.999. The van der Waals surface area contributed by atoms with E-state index in [0.29, 0.717) is 17.7 Å². The van der Waals surface area contributed by atoms with Gasteiger partial charge in [0.25, 0.3) is 0 Å².